The first kappa shape index (κ1) is 14.9. The summed E-state index contributed by atoms with van der Waals surface area (Å²) in [5, 5.41) is 4.23. The molecule has 1 N–H and O–H groups in total. The largest absolute Gasteiger partial charge is 0.481 e. The molecular formula is C15H12F2N4O2. The van der Waals surface area contributed by atoms with Gasteiger partial charge in [0.05, 0.1) is 19.9 Å². The topological polar surface area (TPSA) is 72.8 Å². The fourth-order valence-corrected chi connectivity index (χ4v) is 2.09. The second kappa shape index (κ2) is 5.99. The van der Waals surface area contributed by atoms with Crippen LogP contribution < -0.4 is 10.3 Å². The van der Waals surface area contributed by atoms with Crippen LogP contribution in [0.25, 0.3) is 11.5 Å². The molecule has 0 spiro atoms. The molecule has 2 aromatic heterocycles. The molecule has 0 atom stereocenters. The van der Waals surface area contributed by atoms with Gasteiger partial charge < -0.3 is 9.72 Å². The smallest absolute Gasteiger partial charge is 0.287 e. The molecule has 0 saturated carbocycles. The Morgan fingerprint density at radius 3 is 2.74 bits per heavy atom. The van der Waals surface area contributed by atoms with E-state index in [1.54, 1.807) is 18.2 Å². The first-order valence-corrected chi connectivity index (χ1v) is 6.69. The summed E-state index contributed by atoms with van der Waals surface area (Å²) in [6.45, 7) is 0.140. The molecule has 0 radical (unpaired) electrons. The molecule has 0 aliphatic carbocycles. The number of hydrogen-bond acceptors (Lipinski definition) is 4. The molecule has 3 aromatic rings. The van der Waals surface area contributed by atoms with E-state index in [-0.39, 0.29) is 23.9 Å². The average Bonchev–Trinajstić information content (AvgIpc) is 2.95. The third-order valence-corrected chi connectivity index (χ3v) is 3.23. The zero-order chi connectivity index (χ0) is 16.4. The lowest BCUT2D eigenvalue weighted by atomic mass is 10.2. The van der Waals surface area contributed by atoms with Gasteiger partial charge in [-0.25, -0.2) is 14.1 Å². The molecule has 6 nitrogen and oxygen atoms in total. The van der Waals surface area contributed by atoms with E-state index in [1.807, 2.05) is 0 Å². The van der Waals surface area contributed by atoms with Gasteiger partial charge in [-0.3, -0.25) is 4.79 Å². The van der Waals surface area contributed by atoms with Crippen LogP contribution in [-0.4, -0.2) is 26.9 Å². The summed E-state index contributed by atoms with van der Waals surface area (Å²) in [5.74, 6) is -0.886. The number of nitrogens with one attached hydrogen (secondary N) is 1. The number of aromatic nitrogens is 4. The molecule has 0 amide bonds. The predicted molar refractivity (Wildman–Crippen MR) is 78.1 cm³/mol. The molecule has 3 rings (SSSR count). The number of H-pyrrole nitrogens is 1. The quantitative estimate of drug-likeness (QED) is 0.798. The highest BCUT2D eigenvalue weighted by atomic mass is 19.1. The molecular weight excluding hydrogens is 306 g/mol. The molecule has 118 valence electrons. The molecule has 8 heteroatoms. The summed E-state index contributed by atoms with van der Waals surface area (Å²) < 4.78 is 33.4. The fraction of sp³-hybridized carbons (Fsp3) is 0.133. The Kier molecular flexibility index (Phi) is 3.88. The maximum absolute atomic E-state index is 13.8. The maximum atomic E-state index is 13.8. The lowest BCUT2D eigenvalue weighted by Gasteiger charge is -2.06. The van der Waals surface area contributed by atoms with Crippen molar-refractivity contribution in [3.8, 4) is 17.4 Å². The van der Waals surface area contributed by atoms with E-state index in [4.69, 9.17) is 4.74 Å². The van der Waals surface area contributed by atoms with Crippen molar-refractivity contribution in [2.45, 2.75) is 6.54 Å². The zero-order valence-corrected chi connectivity index (χ0v) is 12.1. The van der Waals surface area contributed by atoms with Crippen LogP contribution in [0.5, 0.6) is 5.88 Å². The Bertz CT molecular complexity index is 904. The number of halogens is 2. The molecule has 0 bridgehead atoms. The van der Waals surface area contributed by atoms with Gasteiger partial charge in [-0.2, -0.15) is 9.49 Å². The van der Waals surface area contributed by atoms with E-state index in [1.165, 1.54) is 23.9 Å². The fourth-order valence-electron chi connectivity index (χ4n) is 2.09. The van der Waals surface area contributed by atoms with Gasteiger partial charge in [0.1, 0.15) is 11.5 Å². The van der Waals surface area contributed by atoms with Crippen LogP contribution in [0.1, 0.15) is 5.56 Å². The summed E-state index contributed by atoms with van der Waals surface area (Å²) in [6.07, 6.45) is 0.816. The standard InChI is InChI=1S/C15H12F2N4O2/c1-23-13-6-12(14-18-7-11(17)15(22)19-14)20-21(13)8-9-4-2-3-5-10(9)16/h2-7H,8H2,1H3,(H,18,19,22). The summed E-state index contributed by atoms with van der Waals surface area (Å²) >= 11 is 0. The Labute approximate surface area is 129 Å². The first-order chi connectivity index (χ1) is 11.1. The summed E-state index contributed by atoms with van der Waals surface area (Å²) in [6, 6.07) is 7.82. The second-order valence-electron chi connectivity index (χ2n) is 4.73. The average molecular weight is 318 g/mol. The van der Waals surface area contributed by atoms with E-state index < -0.39 is 11.4 Å². The monoisotopic (exact) mass is 318 g/mol. The van der Waals surface area contributed by atoms with Gasteiger partial charge >= 0.3 is 0 Å². The zero-order valence-electron chi connectivity index (χ0n) is 12.1. The summed E-state index contributed by atoms with van der Waals surface area (Å²) in [5.41, 5.74) is -0.172. The van der Waals surface area contributed by atoms with Crippen molar-refractivity contribution in [2.24, 2.45) is 0 Å². The Morgan fingerprint density at radius 2 is 2.04 bits per heavy atom. The number of aromatic amines is 1. The van der Waals surface area contributed by atoms with E-state index in [0.717, 1.165) is 6.20 Å². The van der Waals surface area contributed by atoms with E-state index in [0.29, 0.717) is 11.4 Å². The molecule has 2 heterocycles. The minimum absolute atomic E-state index is 0.0991. The van der Waals surface area contributed by atoms with Crippen molar-refractivity contribution in [3.05, 3.63) is 64.1 Å². The van der Waals surface area contributed by atoms with Crippen molar-refractivity contribution in [1.82, 2.24) is 19.7 Å². The van der Waals surface area contributed by atoms with Gasteiger partial charge in [-0.1, -0.05) is 18.2 Å². The predicted octanol–water partition coefficient (Wildman–Crippen LogP) is 1.97. The van der Waals surface area contributed by atoms with Gasteiger partial charge in [-0.15, -0.1) is 0 Å². The number of hydrogen-bond donors (Lipinski definition) is 1. The van der Waals surface area contributed by atoms with Crippen molar-refractivity contribution in [3.63, 3.8) is 0 Å². The Balaban J connectivity index is 1.99. The van der Waals surface area contributed by atoms with Crippen LogP contribution in [-0.2, 0) is 6.54 Å². The molecule has 23 heavy (non-hydrogen) atoms. The highest BCUT2D eigenvalue weighted by molar-refractivity contribution is 5.50. The van der Waals surface area contributed by atoms with Crippen molar-refractivity contribution in [2.75, 3.05) is 7.11 Å². The van der Waals surface area contributed by atoms with E-state index >= 15 is 0 Å². The van der Waals surface area contributed by atoms with Crippen molar-refractivity contribution in [1.29, 1.82) is 0 Å². The van der Waals surface area contributed by atoms with Gasteiger partial charge in [0.2, 0.25) is 11.7 Å². The van der Waals surface area contributed by atoms with Crippen LogP contribution in [0, 0.1) is 11.6 Å². The molecule has 0 unspecified atom stereocenters. The lowest BCUT2D eigenvalue weighted by Crippen LogP contribution is -2.12. The Morgan fingerprint density at radius 1 is 1.26 bits per heavy atom. The molecule has 1 aromatic carbocycles. The van der Waals surface area contributed by atoms with Crippen molar-refractivity contribution >= 4 is 0 Å². The van der Waals surface area contributed by atoms with Gasteiger partial charge in [-0.05, 0) is 6.07 Å². The summed E-state index contributed by atoms with van der Waals surface area (Å²) in [7, 11) is 1.44. The number of methoxy groups -OCH3 is 1. The third kappa shape index (κ3) is 2.96. The van der Waals surface area contributed by atoms with Gasteiger partial charge in [0.25, 0.3) is 5.56 Å². The minimum Gasteiger partial charge on any atom is -0.481 e. The minimum atomic E-state index is -0.980. The van der Waals surface area contributed by atoms with Crippen LogP contribution in [0.2, 0.25) is 0 Å². The lowest BCUT2D eigenvalue weighted by molar-refractivity contribution is 0.365. The SMILES string of the molecule is COc1cc(-c2ncc(F)c(=O)[nH]2)nn1Cc1ccccc1F. The van der Waals surface area contributed by atoms with Gasteiger partial charge in [0.15, 0.2) is 5.82 Å². The van der Waals surface area contributed by atoms with Crippen molar-refractivity contribution < 1.29 is 13.5 Å². The first-order valence-electron chi connectivity index (χ1n) is 6.69. The molecule has 0 aliphatic rings. The summed E-state index contributed by atoms with van der Waals surface area (Å²) in [4.78, 5) is 17.4. The molecule has 0 saturated heterocycles. The van der Waals surface area contributed by atoms with Crippen LogP contribution in [0.3, 0.4) is 0 Å². The number of rotatable bonds is 4. The van der Waals surface area contributed by atoms with Crippen LogP contribution in [0.4, 0.5) is 8.78 Å². The van der Waals surface area contributed by atoms with E-state index in [2.05, 4.69) is 15.1 Å². The maximum Gasteiger partial charge on any atom is 0.287 e. The second-order valence-corrected chi connectivity index (χ2v) is 4.73. The normalized spacial score (nSPS) is 10.7. The highest BCUT2D eigenvalue weighted by Gasteiger charge is 2.14. The van der Waals surface area contributed by atoms with E-state index in [9.17, 15) is 13.6 Å². The number of ether oxygens (including phenoxy) is 1. The van der Waals surface area contributed by atoms with Crippen LogP contribution >= 0.6 is 0 Å². The molecule has 0 fully saturated rings. The third-order valence-electron chi connectivity index (χ3n) is 3.23. The number of benzene rings is 1. The molecule has 0 aliphatic heterocycles. The van der Waals surface area contributed by atoms with Crippen LogP contribution in [0.15, 0.2) is 41.3 Å². The number of nitrogens with zero attached hydrogens (tertiary/aromatic N) is 3. The highest BCUT2D eigenvalue weighted by Crippen LogP contribution is 2.21. The Hall–Kier alpha value is -3.03. The van der Waals surface area contributed by atoms with Gasteiger partial charge in [0, 0.05) is 11.6 Å².